The van der Waals surface area contributed by atoms with E-state index in [4.69, 9.17) is 16.3 Å². The fourth-order valence-corrected chi connectivity index (χ4v) is 2.02. The van der Waals surface area contributed by atoms with Crippen molar-refractivity contribution < 1.29 is 14.5 Å². The number of carbonyl (C=O) groups excluding carboxylic acids is 1. The standard InChI is InChI=1S/C15H12ClNO4/c1-10(15(18)11-5-4-6-12(16)9-11)21-14-8-3-2-7-13(14)17(19)20/h2-10H,1H3. The molecule has 0 fully saturated rings. The van der Waals surface area contributed by atoms with Gasteiger partial charge in [-0.05, 0) is 25.1 Å². The van der Waals surface area contributed by atoms with Crippen LogP contribution in [0.3, 0.4) is 0 Å². The van der Waals surface area contributed by atoms with E-state index in [9.17, 15) is 14.9 Å². The minimum absolute atomic E-state index is 0.0605. The zero-order chi connectivity index (χ0) is 15.4. The predicted molar refractivity (Wildman–Crippen MR) is 79.0 cm³/mol. The van der Waals surface area contributed by atoms with Gasteiger partial charge in [-0.2, -0.15) is 0 Å². The number of Topliss-reactive ketones (excluding diaryl/α,β-unsaturated/α-hetero) is 1. The highest BCUT2D eigenvalue weighted by Crippen LogP contribution is 2.27. The van der Waals surface area contributed by atoms with Gasteiger partial charge in [-0.3, -0.25) is 14.9 Å². The summed E-state index contributed by atoms with van der Waals surface area (Å²) in [4.78, 5) is 22.6. The van der Waals surface area contributed by atoms with Crippen LogP contribution >= 0.6 is 11.6 Å². The van der Waals surface area contributed by atoms with Gasteiger partial charge in [0.1, 0.15) is 0 Å². The summed E-state index contributed by atoms with van der Waals surface area (Å²) < 4.78 is 5.43. The van der Waals surface area contributed by atoms with E-state index in [-0.39, 0.29) is 17.2 Å². The maximum absolute atomic E-state index is 12.2. The van der Waals surface area contributed by atoms with Crippen molar-refractivity contribution in [3.05, 3.63) is 69.2 Å². The first-order valence-corrected chi connectivity index (χ1v) is 6.56. The number of carbonyl (C=O) groups is 1. The molecule has 0 N–H and O–H groups in total. The number of ketones is 1. The van der Waals surface area contributed by atoms with E-state index in [0.29, 0.717) is 10.6 Å². The Balaban J connectivity index is 2.20. The molecule has 0 aromatic heterocycles. The third kappa shape index (κ3) is 3.58. The van der Waals surface area contributed by atoms with Crippen LogP contribution in [0.25, 0.3) is 0 Å². The number of para-hydroxylation sites is 2. The number of nitrogens with zero attached hydrogens (tertiary/aromatic N) is 1. The molecule has 2 rings (SSSR count). The van der Waals surface area contributed by atoms with Crippen LogP contribution in [0, 0.1) is 10.1 Å². The molecule has 0 saturated heterocycles. The minimum atomic E-state index is -0.857. The molecule has 0 radical (unpaired) electrons. The molecule has 2 aromatic carbocycles. The van der Waals surface area contributed by atoms with Crippen molar-refractivity contribution in [2.75, 3.05) is 0 Å². The minimum Gasteiger partial charge on any atom is -0.475 e. The second kappa shape index (κ2) is 6.37. The summed E-state index contributed by atoms with van der Waals surface area (Å²) >= 11 is 5.84. The third-order valence-corrected chi connectivity index (χ3v) is 3.08. The maximum Gasteiger partial charge on any atom is 0.310 e. The molecule has 5 nitrogen and oxygen atoms in total. The predicted octanol–water partition coefficient (Wildman–Crippen LogP) is 3.90. The van der Waals surface area contributed by atoms with Crippen LogP contribution < -0.4 is 4.74 Å². The van der Waals surface area contributed by atoms with E-state index >= 15 is 0 Å². The Morgan fingerprint density at radius 3 is 2.62 bits per heavy atom. The summed E-state index contributed by atoms with van der Waals surface area (Å²) in [5.41, 5.74) is 0.219. The second-order valence-corrected chi connectivity index (χ2v) is 4.80. The number of ether oxygens (including phenoxy) is 1. The average Bonchev–Trinajstić information content (AvgIpc) is 2.46. The molecule has 0 heterocycles. The van der Waals surface area contributed by atoms with Crippen LogP contribution in [0.15, 0.2) is 48.5 Å². The first-order valence-electron chi connectivity index (χ1n) is 6.19. The van der Waals surface area contributed by atoms with Gasteiger partial charge in [0.05, 0.1) is 4.92 Å². The lowest BCUT2D eigenvalue weighted by Gasteiger charge is -2.13. The van der Waals surface area contributed by atoms with Crippen LogP contribution in [0.5, 0.6) is 5.75 Å². The molecule has 0 aliphatic heterocycles. The monoisotopic (exact) mass is 305 g/mol. The molecular weight excluding hydrogens is 294 g/mol. The van der Waals surface area contributed by atoms with Crippen molar-refractivity contribution in [3.63, 3.8) is 0 Å². The molecule has 0 bridgehead atoms. The quantitative estimate of drug-likeness (QED) is 0.477. The van der Waals surface area contributed by atoms with E-state index in [1.165, 1.54) is 24.3 Å². The van der Waals surface area contributed by atoms with Gasteiger partial charge in [-0.25, -0.2) is 0 Å². The SMILES string of the molecule is CC(Oc1ccccc1[N+](=O)[O-])C(=O)c1cccc(Cl)c1. The van der Waals surface area contributed by atoms with Crippen molar-refractivity contribution in [2.45, 2.75) is 13.0 Å². The van der Waals surface area contributed by atoms with Crippen LogP contribution in [0.2, 0.25) is 5.02 Å². The Kier molecular flexibility index (Phi) is 4.55. The van der Waals surface area contributed by atoms with E-state index < -0.39 is 11.0 Å². The van der Waals surface area contributed by atoms with Gasteiger partial charge >= 0.3 is 5.69 Å². The molecule has 0 spiro atoms. The Labute approximate surface area is 126 Å². The van der Waals surface area contributed by atoms with Crippen LogP contribution in [0.1, 0.15) is 17.3 Å². The fourth-order valence-electron chi connectivity index (χ4n) is 1.83. The first kappa shape index (κ1) is 15.0. The van der Waals surface area contributed by atoms with E-state index in [1.807, 2.05) is 0 Å². The lowest BCUT2D eigenvalue weighted by atomic mass is 10.1. The van der Waals surface area contributed by atoms with Crippen molar-refractivity contribution in [2.24, 2.45) is 0 Å². The Morgan fingerprint density at radius 2 is 1.95 bits per heavy atom. The molecule has 0 saturated carbocycles. The third-order valence-electron chi connectivity index (χ3n) is 2.84. The van der Waals surface area contributed by atoms with Crippen molar-refractivity contribution >= 4 is 23.1 Å². The molecule has 0 aliphatic carbocycles. The number of benzene rings is 2. The summed E-state index contributed by atoms with van der Waals surface area (Å²) in [6.45, 7) is 1.54. The molecule has 1 unspecified atom stereocenters. The van der Waals surface area contributed by atoms with Crippen molar-refractivity contribution in [1.82, 2.24) is 0 Å². The Morgan fingerprint density at radius 1 is 1.24 bits per heavy atom. The van der Waals surface area contributed by atoms with Gasteiger partial charge in [0.25, 0.3) is 0 Å². The number of halogens is 1. The number of rotatable bonds is 5. The van der Waals surface area contributed by atoms with Crippen molar-refractivity contribution in [3.8, 4) is 5.75 Å². The van der Waals surface area contributed by atoms with E-state index in [0.717, 1.165) is 0 Å². The summed E-state index contributed by atoms with van der Waals surface area (Å²) in [5.74, 6) is -0.235. The van der Waals surface area contributed by atoms with Crippen LogP contribution in [-0.4, -0.2) is 16.8 Å². The number of hydrogen-bond donors (Lipinski definition) is 0. The molecule has 21 heavy (non-hydrogen) atoms. The first-order chi connectivity index (χ1) is 9.99. The molecule has 0 aliphatic rings. The summed E-state index contributed by atoms with van der Waals surface area (Å²) in [5, 5.41) is 11.4. The van der Waals surface area contributed by atoms with Gasteiger partial charge in [-0.1, -0.05) is 35.9 Å². The van der Waals surface area contributed by atoms with Gasteiger partial charge in [0.2, 0.25) is 5.78 Å². The zero-order valence-corrected chi connectivity index (χ0v) is 11.9. The highest BCUT2D eigenvalue weighted by Gasteiger charge is 2.21. The van der Waals surface area contributed by atoms with Crippen molar-refractivity contribution in [1.29, 1.82) is 0 Å². The number of nitro benzene ring substituents is 1. The summed E-state index contributed by atoms with van der Waals surface area (Å²) in [6, 6.07) is 12.4. The van der Waals surface area contributed by atoms with E-state index in [2.05, 4.69) is 0 Å². The van der Waals surface area contributed by atoms with Crippen LogP contribution in [0.4, 0.5) is 5.69 Å². The number of nitro groups is 1. The maximum atomic E-state index is 12.2. The highest BCUT2D eigenvalue weighted by molar-refractivity contribution is 6.31. The zero-order valence-electron chi connectivity index (χ0n) is 11.2. The van der Waals surface area contributed by atoms with Gasteiger partial charge < -0.3 is 4.74 Å². The van der Waals surface area contributed by atoms with Gasteiger partial charge in [0, 0.05) is 16.7 Å². The van der Waals surface area contributed by atoms with E-state index in [1.54, 1.807) is 31.2 Å². The topological polar surface area (TPSA) is 69.4 Å². The Hall–Kier alpha value is -2.40. The summed E-state index contributed by atoms with van der Waals surface area (Å²) in [6.07, 6.45) is -0.857. The molecule has 1 atom stereocenters. The molecule has 108 valence electrons. The largest absolute Gasteiger partial charge is 0.475 e. The smallest absolute Gasteiger partial charge is 0.310 e. The summed E-state index contributed by atoms with van der Waals surface area (Å²) in [7, 11) is 0. The molecule has 6 heteroatoms. The van der Waals surface area contributed by atoms with Crippen LogP contribution in [-0.2, 0) is 0 Å². The fraction of sp³-hybridized carbons (Fsp3) is 0.133. The highest BCUT2D eigenvalue weighted by atomic mass is 35.5. The normalized spacial score (nSPS) is 11.7. The second-order valence-electron chi connectivity index (χ2n) is 4.36. The lowest BCUT2D eigenvalue weighted by Crippen LogP contribution is -2.24. The van der Waals surface area contributed by atoms with Gasteiger partial charge in [-0.15, -0.1) is 0 Å². The average molecular weight is 306 g/mol. The number of hydrogen-bond acceptors (Lipinski definition) is 4. The van der Waals surface area contributed by atoms with Gasteiger partial charge in [0.15, 0.2) is 11.9 Å². The molecular formula is C15H12ClNO4. The molecule has 2 aromatic rings. The lowest BCUT2D eigenvalue weighted by molar-refractivity contribution is -0.386. The molecule has 0 amide bonds. The Bertz CT molecular complexity index is 687.